The van der Waals surface area contributed by atoms with Crippen molar-refractivity contribution in [3.05, 3.63) is 11.9 Å². The van der Waals surface area contributed by atoms with Gasteiger partial charge in [-0.2, -0.15) is 5.10 Å². The fraction of sp³-hybridized carbons (Fsp3) is 0.706. The molecular weight excluding hydrogens is 308 g/mol. The molecule has 2 fully saturated rings. The molecule has 1 aromatic rings. The highest BCUT2D eigenvalue weighted by atomic mass is 16.5. The summed E-state index contributed by atoms with van der Waals surface area (Å²) in [7, 11) is 0. The number of fused-ring (bicyclic) bond motifs is 1. The number of hydrogen-bond donors (Lipinski definition) is 1. The van der Waals surface area contributed by atoms with E-state index in [9.17, 15) is 9.59 Å². The van der Waals surface area contributed by atoms with Gasteiger partial charge in [0.1, 0.15) is 12.1 Å². The van der Waals surface area contributed by atoms with Gasteiger partial charge in [0.15, 0.2) is 0 Å². The van der Waals surface area contributed by atoms with Crippen molar-refractivity contribution >= 4 is 17.5 Å². The maximum Gasteiger partial charge on any atom is 0.252 e. The minimum Gasteiger partial charge on any atom is -0.368 e. The number of carbonyl (C=O) groups excluding carboxylic acids is 2. The predicted octanol–water partition coefficient (Wildman–Crippen LogP) is 1.25. The Labute approximate surface area is 141 Å². The van der Waals surface area contributed by atoms with Crippen LogP contribution in [0.15, 0.2) is 6.20 Å². The fourth-order valence-corrected chi connectivity index (χ4v) is 4.08. The Kier molecular flexibility index (Phi) is 4.26. The first-order valence-electron chi connectivity index (χ1n) is 9.01. The van der Waals surface area contributed by atoms with E-state index in [2.05, 4.69) is 10.2 Å². The van der Waals surface area contributed by atoms with E-state index in [-0.39, 0.29) is 24.0 Å². The van der Waals surface area contributed by atoms with Crippen LogP contribution in [0.1, 0.15) is 44.2 Å². The predicted molar refractivity (Wildman–Crippen MR) is 87.6 cm³/mol. The number of amides is 2. The highest BCUT2D eigenvalue weighted by molar-refractivity contribution is 6.00. The minimum atomic E-state index is -0.365. The molecule has 0 radical (unpaired) electrons. The molecule has 4 rings (SSSR count). The van der Waals surface area contributed by atoms with Gasteiger partial charge in [-0.15, -0.1) is 0 Å². The molecule has 3 aliphatic rings. The van der Waals surface area contributed by atoms with Crippen molar-refractivity contribution < 1.29 is 14.3 Å². The normalized spacial score (nSPS) is 27.2. The van der Waals surface area contributed by atoms with Crippen LogP contribution in [0.4, 0.5) is 5.69 Å². The molecule has 7 heteroatoms. The largest absolute Gasteiger partial charge is 0.368 e. The van der Waals surface area contributed by atoms with Crippen molar-refractivity contribution in [1.82, 2.24) is 15.1 Å². The van der Waals surface area contributed by atoms with Crippen LogP contribution < -0.4 is 4.90 Å². The molecule has 2 atom stereocenters. The van der Waals surface area contributed by atoms with E-state index in [4.69, 9.17) is 4.74 Å². The van der Waals surface area contributed by atoms with Crippen molar-refractivity contribution in [2.24, 2.45) is 0 Å². The zero-order valence-corrected chi connectivity index (χ0v) is 13.9. The molecule has 0 saturated carbocycles. The third kappa shape index (κ3) is 2.70. The topological polar surface area (TPSA) is 78.5 Å². The van der Waals surface area contributed by atoms with Crippen LogP contribution in [0.5, 0.6) is 0 Å². The number of ether oxygens (including phenoxy) is 1. The second-order valence-corrected chi connectivity index (χ2v) is 6.87. The number of nitrogens with zero attached hydrogens (tertiary/aromatic N) is 3. The fourth-order valence-electron chi connectivity index (χ4n) is 4.08. The van der Waals surface area contributed by atoms with E-state index in [1.54, 1.807) is 11.1 Å². The van der Waals surface area contributed by atoms with Crippen molar-refractivity contribution in [2.75, 3.05) is 24.6 Å². The summed E-state index contributed by atoms with van der Waals surface area (Å²) in [5.74, 6) is 0.0263. The minimum absolute atomic E-state index is 0.00465. The van der Waals surface area contributed by atoms with Gasteiger partial charge < -0.3 is 14.5 Å². The van der Waals surface area contributed by atoms with Gasteiger partial charge in [0.05, 0.1) is 17.6 Å². The number of aryl methyl sites for hydroxylation is 1. The maximum absolute atomic E-state index is 13.2. The van der Waals surface area contributed by atoms with Crippen LogP contribution in [0.2, 0.25) is 0 Å². The summed E-state index contributed by atoms with van der Waals surface area (Å²) in [4.78, 5) is 29.6. The Morgan fingerprint density at radius 1 is 1.12 bits per heavy atom. The maximum atomic E-state index is 13.2. The highest BCUT2D eigenvalue weighted by Crippen LogP contribution is 2.29. The number of hydrogen-bond acceptors (Lipinski definition) is 4. The number of aromatic amines is 1. The number of nitrogens with one attached hydrogen (secondary N) is 1. The van der Waals surface area contributed by atoms with E-state index in [1.165, 1.54) is 0 Å². The molecule has 4 heterocycles. The van der Waals surface area contributed by atoms with Gasteiger partial charge in [0.2, 0.25) is 5.91 Å². The number of H-pyrrole nitrogens is 1. The summed E-state index contributed by atoms with van der Waals surface area (Å²) in [5, 5.41) is 7.06. The third-order valence-electron chi connectivity index (χ3n) is 5.34. The molecule has 1 aromatic heterocycles. The molecule has 3 aliphatic heterocycles. The Hall–Kier alpha value is -1.89. The van der Waals surface area contributed by atoms with Crippen molar-refractivity contribution in [3.8, 4) is 0 Å². The monoisotopic (exact) mass is 332 g/mol. The van der Waals surface area contributed by atoms with Crippen LogP contribution in [0, 0.1) is 0 Å². The quantitative estimate of drug-likeness (QED) is 0.884. The molecule has 7 nitrogen and oxygen atoms in total. The van der Waals surface area contributed by atoms with Gasteiger partial charge >= 0.3 is 0 Å². The lowest BCUT2D eigenvalue weighted by Crippen LogP contribution is -2.56. The van der Waals surface area contributed by atoms with Crippen LogP contribution in [-0.4, -0.2) is 58.8 Å². The number of carbonyl (C=O) groups is 2. The van der Waals surface area contributed by atoms with E-state index >= 15 is 0 Å². The molecule has 0 spiro atoms. The van der Waals surface area contributed by atoms with Crippen LogP contribution in [-0.2, 0) is 20.7 Å². The van der Waals surface area contributed by atoms with Gasteiger partial charge in [-0.05, 0) is 44.9 Å². The second-order valence-electron chi connectivity index (χ2n) is 6.87. The molecule has 0 bridgehead atoms. The lowest BCUT2D eigenvalue weighted by molar-refractivity contribution is -0.148. The molecule has 0 aliphatic carbocycles. The Balaban J connectivity index is 1.55. The number of anilines is 1. The summed E-state index contributed by atoms with van der Waals surface area (Å²) in [6.07, 6.45) is 7.58. The molecule has 130 valence electrons. The Morgan fingerprint density at radius 3 is 2.88 bits per heavy atom. The summed E-state index contributed by atoms with van der Waals surface area (Å²) in [6, 6.07) is -0.365. The van der Waals surface area contributed by atoms with Crippen LogP contribution in [0.25, 0.3) is 0 Å². The van der Waals surface area contributed by atoms with Gasteiger partial charge in [-0.25, -0.2) is 0 Å². The molecule has 2 amide bonds. The molecule has 2 saturated heterocycles. The van der Waals surface area contributed by atoms with Crippen molar-refractivity contribution in [1.29, 1.82) is 0 Å². The number of likely N-dealkylation sites (tertiary alicyclic amines) is 1. The van der Waals surface area contributed by atoms with E-state index in [0.29, 0.717) is 19.7 Å². The van der Waals surface area contributed by atoms with E-state index in [0.717, 1.165) is 56.3 Å². The highest BCUT2D eigenvalue weighted by Gasteiger charge is 2.39. The van der Waals surface area contributed by atoms with Gasteiger partial charge in [0, 0.05) is 19.7 Å². The zero-order chi connectivity index (χ0) is 16.5. The van der Waals surface area contributed by atoms with E-state index in [1.807, 2.05) is 4.90 Å². The summed E-state index contributed by atoms with van der Waals surface area (Å²) >= 11 is 0. The molecule has 0 aromatic carbocycles. The first-order valence-corrected chi connectivity index (χ1v) is 9.01. The Morgan fingerprint density at radius 2 is 2.04 bits per heavy atom. The lowest BCUT2D eigenvalue weighted by atomic mass is 9.98. The summed E-state index contributed by atoms with van der Waals surface area (Å²) in [6.45, 7) is 2.00. The molecule has 0 unspecified atom stereocenters. The van der Waals surface area contributed by atoms with Crippen LogP contribution in [0.3, 0.4) is 0 Å². The molecular formula is C17H24N4O3. The third-order valence-corrected chi connectivity index (χ3v) is 5.34. The van der Waals surface area contributed by atoms with Crippen LogP contribution >= 0.6 is 0 Å². The average molecular weight is 332 g/mol. The van der Waals surface area contributed by atoms with Crippen molar-refractivity contribution in [3.63, 3.8) is 0 Å². The SMILES string of the molecule is O=C([C@H]1CCCCN1C(=O)[C@H]1CCCO1)N1CCCc2[nH]ncc21. The first kappa shape index (κ1) is 15.6. The van der Waals surface area contributed by atoms with Gasteiger partial charge in [0.25, 0.3) is 5.91 Å². The number of rotatable bonds is 2. The van der Waals surface area contributed by atoms with Crippen molar-refractivity contribution in [2.45, 2.75) is 57.1 Å². The van der Waals surface area contributed by atoms with E-state index < -0.39 is 0 Å². The molecule has 24 heavy (non-hydrogen) atoms. The lowest BCUT2D eigenvalue weighted by Gasteiger charge is -2.39. The zero-order valence-electron chi connectivity index (χ0n) is 13.9. The van der Waals surface area contributed by atoms with Gasteiger partial charge in [-0.1, -0.05) is 0 Å². The summed E-state index contributed by atoms with van der Waals surface area (Å²) < 4.78 is 5.55. The summed E-state index contributed by atoms with van der Waals surface area (Å²) in [5.41, 5.74) is 1.89. The average Bonchev–Trinajstić information content (AvgIpc) is 3.31. The van der Waals surface area contributed by atoms with Gasteiger partial charge in [-0.3, -0.25) is 14.7 Å². The standard InChI is InChI=1S/C17H24N4O3/c22-16(21-9-3-5-12-14(21)11-18-19-12)13-6-1-2-8-20(13)17(23)15-7-4-10-24-15/h11,13,15H,1-10H2,(H,18,19)/t13-,15-/m1/s1. The number of aromatic nitrogens is 2. The first-order chi connectivity index (χ1) is 11.8. The Bertz CT molecular complexity index is 623. The smallest absolute Gasteiger partial charge is 0.252 e. The second kappa shape index (κ2) is 6.55. The molecule has 1 N–H and O–H groups in total. The number of piperidine rings is 1.